The smallest absolute Gasteiger partial charge is 0.223 e. The summed E-state index contributed by atoms with van der Waals surface area (Å²) in [5.74, 6) is 0.155. The molecule has 0 aromatic heterocycles. The van der Waals surface area contributed by atoms with Crippen LogP contribution < -0.4 is 5.73 Å². The van der Waals surface area contributed by atoms with E-state index in [1.807, 2.05) is 25.7 Å². The van der Waals surface area contributed by atoms with Crippen molar-refractivity contribution >= 4 is 5.91 Å². The largest absolute Gasteiger partial charge is 0.334 e. The third-order valence-corrected chi connectivity index (χ3v) is 2.02. The molecule has 0 spiro atoms. The molecule has 0 aliphatic rings. The van der Waals surface area contributed by atoms with Gasteiger partial charge in [-0.15, -0.1) is 6.58 Å². The molecular formula is C11H22N2O. The van der Waals surface area contributed by atoms with Crippen molar-refractivity contribution < 1.29 is 4.79 Å². The predicted octanol–water partition coefficient (Wildman–Crippen LogP) is 1.54. The average Bonchev–Trinajstić information content (AvgIpc) is 2.08. The average molecular weight is 198 g/mol. The Kier molecular flexibility index (Phi) is 5.46. The van der Waals surface area contributed by atoms with Gasteiger partial charge in [-0.3, -0.25) is 4.79 Å². The lowest BCUT2D eigenvalue weighted by Gasteiger charge is -2.35. The number of amides is 1. The number of rotatable bonds is 5. The standard InChI is InChI=1S/C11H22N2O/c1-5-9-13(11(2,3)4)10(14)7-6-8-12/h5H,1,6-9,12H2,2-4H3. The van der Waals surface area contributed by atoms with E-state index in [4.69, 9.17) is 5.73 Å². The Labute approximate surface area is 87.0 Å². The summed E-state index contributed by atoms with van der Waals surface area (Å²) in [5, 5.41) is 0. The normalized spacial score (nSPS) is 11.1. The molecule has 3 heteroatoms. The van der Waals surface area contributed by atoms with Crippen LogP contribution in [0.2, 0.25) is 0 Å². The van der Waals surface area contributed by atoms with E-state index in [2.05, 4.69) is 6.58 Å². The summed E-state index contributed by atoms with van der Waals surface area (Å²) in [6.07, 6.45) is 3.04. The van der Waals surface area contributed by atoms with E-state index in [1.165, 1.54) is 0 Å². The first kappa shape index (κ1) is 13.2. The van der Waals surface area contributed by atoms with Gasteiger partial charge in [-0.2, -0.15) is 0 Å². The molecule has 14 heavy (non-hydrogen) atoms. The molecule has 0 aliphatic heterocycles. The quantitative estimate of drug-likeness (QED) is 0.681. The fourth-order valence-corrected chi connectivity index (χ4v) is 1.27. The third kappa shape index (κ3) is 4.42. The second kappa shape index (κ2) is 5.81. The molecule has 0 rings (SSSR count). The molecule has 0 radical (unpaired) electrons. The highest BCUT2D eigenvalue weighted by Gasteiger charge is 2.24. The van der Waals surface area contributed by atoms with Gasteiger partial charge in [-0.05, 0) is 33.7 Å². The van der Waals surface area contributed by atoms with Crippen molar-refractivity contribution in [2.45, 2.75) is 39.2 Å². The summed E-state index contributed by atoms with van der Waals surface area (Å²) in [7, 11) is 0. The Morgan fingerprint density at radius 2 is 2.07 bits per heavy atom. The Hall–Kier alpha value is -0.830. The lowest BCUT2D eigenvalue weighted by Crippen LogP contribution is -2.45. The van der Waals surface area contributed by atoms with Gasteiger partial charge in [0.2, 0.25) is 5.91 Å². The van der Waals surface area contributed by atoms with Gasteiger partial charge in [0.25, 0.3) is 0 Å². The number of hydrogen-bond donors (Lipinski definition) is 1. The van der Waals surface area contributed by atoms with Crippen LogP contribution in [0.4, 0.5) is 0 Å². The summed E-state index contributed by atoms with van der Waals surface area (Å²) in [6, 6.07) is 0. The minimum Gasteiger partial charge on any atom is -0.334 e. The van der Waals surface area contributed by atoms with Crippen molar-refractivity contribution in [3.63, 3.8) is 0 Å². The molecule has 0 unspecified atom stereocenters. The van der Waals surface area contributed by atoms with Crippen LogP contribution in [0.25, 0.3) is 0 Å². The van der Waals surface area contributed by atoms with Crippen molar-refractivity contribution in [1.29, 1.82) is 0 Å². The second-order valence-electron chi connectivity index (χ2n) is 4.36. The van der Waals surface area contributed by atoms with Crippen LogP contribution >= 0.6 is 0 Å². The lowest BCUT2D eigenvalue weighted by molar-refractivity contribution is -0.135. The van der Waals surface area contributed by atoms with E-state index in [-0.39, 0.29) is 11.4 Å². The van der Waals surface area contributed by atoms with E-state index >= 15 is 0 Å². The number of nitrogens with zero attached hydrogens (tertiary/aromatic N) is 1. The Morgan fingerprint density at radius 1 is 1.50 bits per heavy atom. The van der Waals surface area contributed by atoms with Crippen LogP contribution in [0, 0.1) is 0 Å². The van der Waals surface area contributed by atoms with Gasteiger partial charge in [-0.25, -0.2) is 0 Å². The minimum atomic E-state index is -0.139. The fraction of sp³-hybridized carbons (Fsp3) is 0.727. The van der Waals surface area contributed by atoms with Gasteiger partial charge in [0.1, 0.15) is 0 Å². The Balaban J connectivity index is 4.33. The predicted molar refractivity (Wildman–Crippen MR) is 60.0 cm³/mol. The zero-order chi connectivity index (χ0) is 11.2. The van der Waals surface area contributed by atoms with E-state index in [9.17, 15) is 4.79 Å². The van der Waals surface area contributed by atoms with Gasteiger partial charge < -0.3 is 10.6 Å². The highest BCUT2D eigenvalue weighted by molar-refractivity contribution is 5.77. The van der Waals surface area contributed by atoms with Crippen LogP contribution in [0.5, 0.6) is 0 Å². The van der Waals surface area contributed by atoms with Gasteiger partial charge in [0.15, 0.2) is 0 Å². The van der Waals surface area contributed by atoms with E-state index in [0.717, 1.165) is 6.42 Å². The van der Waals surface area contributed by atoms with Crippen molar-refractivity contribution in [2.75, 3.05) is 13.1 Å². The molecule has 0 atom stereocenters. The first-order valence-corrected chi connectivity index (χ1v) is 5.05. The van der Waals surface area contributed by atoms with Gasteiger partial charge in [0, 0.05) is 18.5 Å². The molecule has 0 saturated heterocycles. The van der Waals surface area contributed by atoms with Crippen molar-refractivity contribution in [3.05, 3.63) is 12.7 Å². The summed E-state index contributed by atoms with van der Waals surface area (Å²) >= 11 is 0. The first-order valence-electron chi connectivity index (χ1n) is 5.05. The molecular weight excluding hydrogens is 176 g/mol. The molecule has 82 valence electrons. The zero-order valence-corrected chi connectivity index (χ0v) is 9.55. The molecule has 0 heterocycles. The summed E-state index contributed by atoms with van der Waals surface area (Å²) in [5.41, 5.74) is 5.23. The molecule has 3 nitrogen and oxygen atoms in total. The van der Waals surface area contributed by atoms with Crippen molar-refractivity contribution in [3.8, 4) is 0 Å². The second-order valence-corrected chi connectivity index (χ2v) is 4.36. The van der Waals surface area contributed by atoms with Crippen LogP contribution in [-0.2, 0) is 4.79 Å². The van der Waals surface area contributed by atoms with Crippen molar-refractivity contribution in [2.24, 2.45) is 5.73 Å². The lowest BCUT2D eigenvalue weighted by atomic mass is 10.0. The van der Waals surface area contributed by atoms with Gasteiger partial charge in [0.05, 0.1) is 0 Å². The SMILES string of the molecule is C=CCN(C(=O)CCCN)C(C)(C)C. The molecule has 0 bridgehead atoms. The summed E-state index contributed by atoms with van der Waals surface area (Å²) in [6.45, 7) is 10.9. The minimum absolute atomic E-state index is 0.139. The summed E-state index contributed by atoms with van der Waals surface area (Å²) < 4.78 is 0. The van der Waals surface area contributed by atoms with E-state index < -0.39 is 0 Å². The van der Waals surface area contributed by atoms with Crippen molar-refractivity contribution in [1.82, 2.24) is 4.90 Å². The molecule has 0 fully saturated rings. The monoisotopic (exact) mass is 198 g/mol. The molecule has 0 aromatic carbocycles. The topological polar surface area (TPSA) is 46.3 Å². The highest BCUT2D eigenvalue weighted by Crippen LogP contribution is 2.14. The molecule has 1 amide bonds. The zero-order valence-electron chi connectivity index (χ0n) is 9.55. The van der Waals surface area contributed by atoms with Crippen LogP contribution in [0.15, 0.2) is 12.7 Å². The maximum atomic E-state index is 11.8. The Bertz CT molecular complexity index is 194. The number of hydrogen-bond acceptors (Lipinski definition) is 2. The van der Waals surface area contributed by atoms with Crippen LogP contribution in [0.3, 0.4) is 0 Å². The van der Waals surface area contributed by atoms with E-state index in [0.29, 0.717) is 19.5 Å². The number of carbonyl (C=O) groups excluding carboxylic acids is 1. The fourth-order valence-electron chi connectivity index (χ4n) is 1.27. The van der Waals surface area contributed by atoms with Gasteiger partial charge >= 0.3 is 0 Å². The molecule has 0 aliphatic carbocycles. The maximum Gasteiger partial charge on any atom is 0.223 e. The molecule has 0 aromatic rings. The third-order valence-electron chi connectivity index (χ3n) is 2.02. The molecule has 0 saturated carbocycles. The maximum absolute atomic E-state index is 11.8. The van der Waals surface area contributed by atoms with Gasteiger partial charge in [-0.1, -0.05) is 6.08 Å². The Morgan fingerprint density at radius 3 is 2.43 bits per heavy atom. The first-order chi connectivity index (χ1) is 6.43. The molecule has 2 N–H and O–H groups in total. The highest BCUT2D eigenvalue weighted by atomic mass is 16.2. The van der Waals surface area contributed by atoms with Crippen LogP contribution in [-0.4, -0.2) is 29.4 Å². The van der Waals surface area contributed by atoms with E-state index in [1.54, 1.807) is 6.08 Å². The number of nitrogens with two attached hydrogens (primary N) is 1. The number of carbonyl (C=O) groups is 1. The summed E-state index contributed by atoms with van der Waals surface area (Å²) in [4.78, 5) is 13.6. The van der Waals surface area contributed by atoms with Crippen LogP contribution in [0.1, 0.15) is 33.6 Å².